The molecule has 0 fully saturated rings. The summed E-state index contributed by atoms with van der Waals surface area (Å²) in [5.41, 5.74) is 30.3. The van der Waals surface area contributed by atoms with Gasteiger partial charge in [-0.3, -0.25) is 0 Å². The van der Waals surface area contributed by atoms with Crippen molar-refractivity contribution in [2.45, 2.75) is 185 Å². The Hall–Kier alpha value is -8.62. The topological polar surface area (TPSA) is 61.0 Å². The van der Waals surface area contributed by atoms with Crippen molar-refractivity contribution >= 4 is 11.8 Å². The highest BCUT2D eigenvalue weighted by atomic mass is 32.2. The number of aromatic nitrogens is 12. The summed E-state index contributed by atoms with van der Waals surface area (Å²) in [6.45, 7) is 47.1. The van der Waals surface area contributed by atoms with Gasteiger partial charge in [0.1, 0.15) is 25.5 Å². The van der Waals surface area contributed by atoms with Crippen LogP contribution in [0.15, 0.2) is 157 Å². The Labute approximate surface area is 633 Å². The van der Waals surface area contributed by atoms with Gasteiger partial charge in [0.2, 0.25) is 33.5 Å². The zero-order valence-electron chi connectivity index (χ0n) is 71.0. The second-order valence-corrected chi connectivity index (χ2v) is 31.3. The molecule has 0 unspecified atom stereocenters. The third-order valence-electron chi connectivity index (χ3n) is 21.2. The maximum absolute atomic E-state index is 5.01. The van der Waals surface area contributed by atoms with Crippen LogP contribution in [0.25, 0.3) is 45.0 Å². The molecule has 0 aliphatic rings. The molecular formula is C90H135N12OS+7. The van der Waals surface area contributed by atoms with Gasteiger partial charge in [-0.15, -0.1) is 23.4 Å². The van der Waals surface area contributed by atoms with Crippen LogP contribution in [-0.2, 0) is 90.0 Å². The standard InChI is InChI=1S/C29H41N2.C18H19N2.C11H21N2.C10H19N2.C8H15N2.C7H10NO.C7H10NS/c1-18(2)22-13-11-14-23(19(3)4)28(22)26-17-27(31(10)30(26)9)29-24(20(5)6)15-12-16-25(29)21(7)8;1-14-17(15-10-6-4-7-11-15)19(2)20(3)18(14)16-12-8-5-9-13-16;1-8-10(11(3,4)5)9(2)13(7)12(8)6;1-7(2)10-8(3)11(5)12(6)9(10)4;1-6-7(2)9(4)10(5)8(6)3;2*1-8-6-4-3-5-7(8)9-2/h11-21H,1-10H3;4-13H,1-3H3;1-7H3;7H,1-6H3;1-5H3;2*3-6H,1-2H3/q7*+1. The molecule has 13 nitrogen and oxygen atoms in total. The highest BCUT2D eigenvalue weighted by Crippen LogP contribution is 2.41. The van der Waals surface area contributed by atoms with Crippen LogP contribution in [0.4, 0.5) is 0 Å². The van der Waals surface area contributed by atoms with Crippen LogP contribution in [0.2, 0.25) is 0 Å². The van der Waals surface area contributed by atoms with Crippen LogP contribution in [0.3, 0.4) is 0 Å². The minimum atomic E-state index is 0.243. The van der Waals surface area contributed by atoms with Crippen molar-refractivity contribution in [1.82, 2.24) is 23.4 Å². The molecule has 0 radical (unpaired) electrons. The van der Waals surface area contributed by atoms with Gasteiger partial charge in [0.05, 0.1) is 82.2 Å². The molecule has 0 saturated carbocycles. The molecule has 0 aliphatic carbocycles. The number of rotatable bonds is 11. The van der Waals surface area contributed by atoms with Gasteiger partial charge in [-0.25, -0.2) is 0 Å². The SMILES string of the molecule is CC(C)c1cccc(C(C)C)c1-c1cc(-c2c(C(C)C)cccc2C(C)C)[n+](C)n1C.COc1cccc[n+]1C.CSc1cccc[n+]1C.Cc1c(-c2ccccc2)n(C)[n+](C)c1-c1ccccc1.Cc1c(C(C)(C)C)c(C)[n+](C)n1C.Cc1c(C(C)C)c(C)[n+](C)n1C.Cc1c(C)n(C)[n+](C)c1C. The van der Waals surface area contributed by atoms with Gasteiger partial charge < -0.3 is 4.74 Å². The molecule has 11 rings (SSSR count). The zero-order chi connectivity index (χ0) is 78.3. The average molecular weight is 1430 g/mol. The summed E-state index contributed by atoms with van der Waals surface area (Å²) in [5, 5.41) is 1.29. The second kappa shape index (κ2) is 37.9. The quantitative estimate of drug-likeness (QED) is 0.0957. The van der Waals surface area contributed by atoms with Gasteiger partial charge >= 0.3 is 5.88 Å². The summed E-state index contributed by atoms with van der Waals surface area (Å²) < 4.78 is 31.3. The summed E-state index contributed by atoms with van der Waals surface area (Å²) in [6, 6.07) is 49.2. The Morgan fingerprint density at radius 3 is 1.14 bits per heavy atom. The summed E-state index contributed by atoms with van der Waals surface area (Å²) in [4.78, 5) is 0. The van der Waals surface area contributed by atoms with Gasteiger partial charge in [-0.2, -0.15) is 32.5 Å². The van der Waals surface area contributed by atoms with Crippen LogP contribution in [-0.4, -0.2) is 36.8 Å². The molecule has 14 heteroatoms. The van der Waals surface area contributed by atoms with Crippen LogP contribution in [0.5, 0.6) is 5.88 Å². The van der Waals surface area contributed by atoms with Crippen molar-refractivity contribution in [3.8, 4) is 50.9 Å². The summed E-state index contributed by atoms with van der Waals surface area (Å²) in [7, 11) is 26.9. The Kier molecular flexibility index (Phi) is 31.3. The third kappa shape index (κ3) is 20.0. The first-order valence-electron chi connectivity index (χ1n) is 37.2. The minimum absolute atomic E-state index is 0.243. The molecular weight excluding hydrogens is 1300 g/mol. The van der Waals surface area contributed by atoms with Crippen LogP contribution in [0, 0.1) is 55.4 Å². The lowest BCUT2D eigenvalue weighted by atomic mass is 9.85. The van der Waals surface area contributed by atoms with E-state index in [9.17, 15) is 0 Å². The molecule has 4 aromatic carbocycles. The maximum atomic E-state index is 5.01. The summed E-state index contributed by atoms with van der Waals surface area (Å²) in [5.74, 6) is 3.41. The molecule has 0 saturated heterocycles. The molecule has 7 heterocycles. The molecule has 560 valence electrons. The number of aryl methyl sites for hydroxylation is 2. The Morgan fingerprint density at radius 1 is 0.394 bits per heavy atom. The van der Waals surface area contributed by atoms with Crippen molar-refractivity contribution in [3.05, 3.63) is 231 Å². The molecule has 0 N–H and O–H groups in total. The highest BCUT2D eigenvalue weighted by molar-refractivity contribution is 7.98. The predicted octanol–water partition coefficient (Wildman–Crippen LogP) is 17.1. The number of ether oxygens (including phenoxy) is 1. The summed E-state index contributed by atoms with van der Waals surface area (Å²) >= 11 is 1.76. The second-order valence-electron chi connectivity index (χ2n) is 30.5. The normalized spacial score (nSPS) is 11.1. The van der Waals surface area contributed by atoms with Crippen LogP contribution in [0.1, 0.15) is 198 Å². The lowest BCUT2D eigenvalue weighted by Gasteiger charge is -2.18. The van der Waals surface area contributed by atoms with E-state index in [2.05, 4.69) is 383 Å². The minimum Gasteiger partial charge on any atom is -0.448 e. The lowest BCUT2D eigenvalue weighted by Crippen LogP contribution is -2.40. The average Bonchev–Trinajstić information content (AvgIpc) is 1.59. The van der Waals surface area contributed by atoms with E-state index in [1.54, 1.807) is 18.9 Å². The number of thioether (sulfide) groups is 1. The predicted molar refractivity (Wildman–Crippen MR) is 435 cm³/mol. The fraction of sp³-hybridized carbons (Fsp3) is 0.456. The van der Waals surface area contributed by atoms with Gasteiger partial charge in [0, 0.05) is 72.9 Å². The largest absolute Gasteiger partial charge is 0.448 e. The molecule has 0 aliphatic heterocycles. The summed E-state index contributed by atoms with van der Waals surface area (Å²) in [6.07, 6.45) is 6.07. The Balaban J connectivity index is 0.000000231. The molecule has 0 bridgehead atoms. The van der Waals surface area contributed by atoms with Crippen LogP contribution >= 0.6 is 11.8 Å². The van der Waals surface area contributed by atoms with E-state index < -0.39 is 0 Å². The zero-order valence-corrected chi connectivity index (χ0v) is 71.8. The fourth-order valence-electron chi connectivity index (χ4n) is 14.4. The van der Waals surface area contributed by atoms with E-state index in [1.807, 2.05) is 61.4 Å². The van der Waals surface area contributed by atoms with Crippen LogP contribution < -0.4 is 37.3 Å². The molecule has 7 aromatic heterocycles. The van der Waals surface area contributed by atoms with Crippen molar-refractivity contribution in [2.24, 2.45) is 84.6 Å². The number of benzene rings is 4. The fourth-order valence-corrected chi connectivity index (χ4v) is 14.9. The molecule has 0 atom stereocenters. The van der Waals surface area contributed by atoms with E-state index >= 15 is 0 Å². The smallest absolute Gasteiger partial charge is 0.367 e. The number of methoxy groups -OCH3 is 1. The van der Waals surface area contributed by atoms with E-state index in [0.29, 0.717) is 29.6 Å². The van der Waals surface area contributed by atoms with Gasteiger partial charge in [0.25, 0.3) is 0 Å². The van der Waals surface area contributed by atoms with E-state index in [0.717, 1.165) is 5.88 Å². The van der Waals surface area contributed by atoms with Crippen molar-refractivity contribution < 1.29 is 37.3 Å². The Morgan fingerprint density at radius 2 is 0.817 bits per heavy atom. The lowest BCUT2D eigenvalue weighted by molar-refractivity contribution is -0.757. The first-order chi connectivity index (χ1) is 48.7. The van der Waals surface area contributed by atoms with Crippen molar-refractivity contribution in [3.63, 3.8) is 0 Å². The van der Waals surface area contributed by atoms with Crippen molar-refractivity contribution in [2.75, 3.05) is 13.4 Å². The third-order valence-corrected chi connectivity index (χ3v) is 22.0. The van der Waals surface area contributed by atoms with Gasteiger partial charge in [0.15, 0.2) is 47.6 Å². The van der Waals surface area contributed by atoms with Gasteiger partial charge in [-0.1, -0.05) is 187 Å². The van der Waals surface area contributed by atoms with E-state index in [-0.39, 0.29) is 5.41 Å². The number of nitrogens with zero attached hydrogens (tertiary/aromatic N) is 12. The number of pyridine rings is 2. The van der Waals surface area contributed by atoms with E-state index in [1.165, 1.54) is 129 Å². The van der Waals surface area contributed by atoms with Gasteiger partial charge in [-0.05, 0) is 122 Å². The monoisotopic (exact) mass is 1430 g/mol. The van der Waals surface area contributed by atoms with Crippen molar-refractivity contribution in [1.29, 1.82) is 0 Å². The molecule has 0 spiro atoms. The maximum Gasteiger partial charge on any atom is 0.367 e. The molecule has 0 amide bonds. The number of hydrogen-bond donors (Lipinski definition) is 0. The number of hydrogen-bond acceptors (Lipinski definition) is 2. The molecule has 104 heavy (non-hydrogen) atoms. The first-order valence-corrected chi connectivity index (χ1v) is 38.4. The molecule has 11 aromatic rings. The highest BCUT2D eigenvalue weighted by Gasteiger charge is 2.32. The first kappa shape index (κ1) is 86.0. The van der Waals surface area contributed by atoms with E-state index in [4.69, 9.17) is 4.74 Å². The Bertz CT molecular complexity index is 4220.